The molecular weight excluding hydrogens is 428 g/mol. The van der Waals surface area contributed by atoms with Crippen molar-refractivity contribution in [3.05, 3.63) is 126 Å². The Morgan fingerprint density at radius 1 is 0.667 bits per heavy atom. The molecule has 0 unspecified atom stereocenters. The summed E-state index contributed by atoms with van der Waals surface area (Å²) in [4.78, 5) is 8.20. The highest BCUT2D eigenvalue weighted by Crippen LogP contribution is 2.47. The number of rotatable bonds is 4. The van der Waals surface area contributed by atoms with Gasteiger partial charge in [-0.05, 0) is 33.9 Å². The Bertz CT molecular complexity index is 1540. The van der Waals surface area contributed by atoms with E-state index in [2.05, 4.69) is 56.6 Å². The van der Waals surface area contributed by atoms with Gasteiger partial charge in [-0.25, -0.2) is 9.97 Å². The molecule has 0 bridgehead atoms. The largest absolute Gasteiger partial charge is 0.276 e. The van der Waals surface area contributed by atoms with Crippen molar-refractivity contribution in [2.24, 2.45) is 0 Å². The van der Waals surface area contributed by atoms with Crippen LogP contribution in [0.15, 0.2) is 110 Å². The zero-order valence-electron chi connectivity index (χ0n) is 17.6. The van der Waals surface area contributed by atoms with Crippen molar-refractivity contribution >= 4 is 33.5 Å². The molecule has 5 heteroatoms. The van der Waals surface area contributed by atoms with Crippen LogP contribution in [-0.2, 0) is 4.87 Å². The molecule has 0 aliphatic carbocycles. The molecule has 0 radical (unpaired) electrons. The van der Waals surface area contributed by atoms with Gasteiger partial charge < -0.3 is 0 Å². The summed E-state index contributed by atoms with van der Waals surface area (Å²) in [5, 5.41) is 9.19. The van der Waals surface area contributed by atoms with Gasteiger partial charge in [-0.15, -0.1) is 11.6 Å². The lowest BCUT2D eigenvalue weighted by atomic mass is 9.80. The molecule has 3 heterocycles. The van der Waals surface area contributed by atoms with Gasteiger partial charge in [0.05, 0.1) is 17.9 Å². The van der Waals surface area contributed by atoms with Crippen molar-refractivity contribution in [2.45, 2.75) is 4.87 Å². The topological polar surface area (TPSA) is 54.5 Å². The zero-order chi connectivity index (χ0) is 22.3. The second-order valence-corrected chi connectivity index (χ2v) is 8.52. The van der Waals surface area contributed by atoms with Gasteiger partial charge in [0, 0.05) is 17.0 Å². The molecule has 0 spiro atoms. The fourth-order valence-corrected chi connectivity index (χ4v) is 5.01. The van der Waals surface area contributed by atoms with E-state index in [9.17, 15) is 0 Å². The number of nitrogens with one attached hydrogen (secondary N) is 1. The number of hydrogen-bond donors (Lipinski definition) is 1. The number of benzene rings is 3. The predicted molar refractivity (Wildman–Crippen MR) is 133 cm³/mol. The minimum Gasteiger partial charge on any atom is -0.276 e. The third-order valence-corrected chi connectivity index (χ3v) is 6.76. The fraction of sp³-hybridized carbons (Fsp3) is 0.0357. The highest BCUT2D eigenvalue weighted by atomic mass is 35.5. The highest BCUT2D eigenvalue weighted by Gasteiger charge is 2.36. The van der Waals surface area contributed by atoms with Crippen molar-refractivity contribution in [1.29, 1.82) is 0 Å². The maximum absolute atomic E-state index is 7.67. The van der Waals surface area contributed by atoms with E-state index in [1.165, 1.54) is 0 Å². The van der Waals surface area contributed by atoms with E-state index >= 15 is 0 Å². The zero-order valence-corrected chi connectivity index (χ0v) is 18.4. The number of nitrogens with zero attached hydrogens (tertiary/aromatic N) is 3. The van der Waals surface area contributed by atoms with Crippen molar-refractivity contribution in [1.82, 2.24) is 20.2 Å². The van der Waals surface area contributed by atoms with Crippen LogP contribution < -0.4 is 0 Å². The lowest BCUT2D eigenvalue weighted by molar-refractivity contribution is 0.882. The van der Waals surface area contributed by atoms with E-state index in [1.807, 2.05) is 60.8 Å². The number of halogens is 1. The van der Waals surface area contributed by atoms with E-state index in [4.69, 9.17) is 11.6 Å². The summed E-state index contributed by atoms with van der Waals surface area (Å²) in [6, 6.07) is 30.8. The molecule has 0 saturated heterocycles. The molecule has 33 heavy (non-hydrogen) atoms. The first-order chi connectivity index (χ1) is 16.3. The van der Waals surface area contributed by atoms with E-state index in [0.29, 0.717) is 5.65 Å². The van der Waals surface area contributed by atoms with Crippen molar-refractivity contribution in [3.63, 3.8) is 0 Å². The number of hydrogen-bond acceptors (Lipinski definition) is 3. The molecule has 3 aromatic carbocycles. The molecule has 0 atom stereocenters. The molecular formula is C28H19ClN4. The third kappa shape index (κ3) is 3.11. The predicted octanol–water partition coefficient (Wildman–Crippen LogP) is 6.70. The number of alkyl halides is 1. The van der Waals surface area contributed by atoms with Crippen LogP contribution in [-0.4, -0.2) is 20.2 Å². The SMILES string of the molecule is ClC(c1ccccc1)(c1ccccc1)c1ccccc1-c1ccnc2ncc3[nH]ncc3c12. The van der Waals surface area contributed by atoms with Gasteiger partial charge in [-0.3, -0.25) is 5.10 Å². The number of fused-ring (bicyclic) bond motifs is 3. The van der Waals surface area contributed by atoms with Crippen LogP contribution in [0.4, 0.5) is 0 Å². The van der Waals surface area contributed by atoms with Crippen LogP contribution in [0.1, 0.15) is 16.7 Å². The van der Waals surface area contributed by atoms with Gasteiger partial charge in [0.15, 0.2) is 5.65 Å². The fourth-order valence-electron chi connectivity index (χ4n) is 4.59. The third-order valence-electron chi connectivity index (χ3n) is 6.12. The van der Waals surface area contributed by atoms with Crippen LogP contribution in [0.25, 0.3) is 33.1 Å². The monoisotopic (exact) mass is 446 g/mol. The molecule has 3 aromatic heterocycles. The number of aromatic nitrogens is 4. The number of aromatic amines is 1. The van der Waals surface area contributed by atoms with Gasteiger partial charge in [0.25, 0.3) is 0 Å². The van der Waals surface area contributed by atoms with Gasteiger partial charge in [-0.1, -0.05) is 84.9 Å². The maximum Gasteiger partial charge on any atom is 0.160 e. The molecule has 0 fully saturated rings. The number of H-pyrrole nitrogens is 1. The number of pyridine rings is 2. The van der Waals surface area contributed by atoms with E-state index in [0.717, 1.165) is 44.1 Å². The Balaban J connectivity index is 1.70. The van der Waals surface area contributed by atoms with Crippen molar-refractivity contribution in [3.8, 4) is 11.1 Å². The summed E-state index contributed by atoms with van der Waals surface area (Å²) < 4.78 is 0. The van der Waals surface area contributed by atoms with Crippen LogP contribution in [0.3, 0.4) is 0 Å². The summed E-state index contributed by atoms with van der Waals surface area (Å²) >= 11 is 7.67. The molecule has 0 aliphatic rings. The molecule has 0 amide bonds. The van der Waals surface area contributed by atoms with Crippen LogP contribution in [0, 0.1) is 0 Å². The van der Waals surface area contributed by atoms with Crippen LogP contribution in [0.2, 0.25) is 0 Å². The lowest BCUT2D eigenvalue weighted by Gasteiger charge is -2.31. The van der Waals surface area contributed by atoms with Gasteiger partial charge in [-0.2, -0.15) is 5.10 Å². The second-order valence-electron chi connectivity index (χ2n) is 7.95. The lowest BCUT2D eigenvalue weighted by Crippen LogP contribution is -2.23. The molecule has 6 rings (SSSR count). The minimum atomic E-state index is -0.883. The van der Waals surface area contributed by atoms with E-state index in [-0.39, 0.29) is 0 Å². The van der Waals surface area contributed by atoms with Gasteiger partial charge >= 0.3 is 0 Å². The Morgan fingerprint density at radius 3 is 2.06 bits per heavy atom. The average molecular weight is 447 g/mol. The first-order valence-corrected chi connectivity index (χ1v) is 11.1. The average Bonchev–Trinajstić information content (AvgIpc) is 3.38. The van der Waals surface area contributed by atoms with Gasteiger partial charge in [0.2, 0.25) is 0 Å². The maximum atomic E-state index is 7.67. The normalized spacial score (nSPS) is 11.8. The molecule has 6 aromatic rings. The first kappa shape index (κ1) is 19.6. The molecule has 158 valence electrons. The van der Waals surface area contributed by atoms with Crippen molar-refractivity contribution in [2.75, 3.05) is 0 Å². The van der Waals surface area contributed by atoms with E-state index < -0.39 is 4.87 Å². The second kappa shape index (κ2) is 7.84. The molecule has 0 aliphatic heterocycles. The van der Waals surface area contributed by atoms with Crippen LogP contribution in [0.5, 0.6) is 0 Å². The molecule has 4 nitrogen and oxygen atoms in total. The summed E-state index contributed by atoms with van der Waals surface area (Å²) in [6.45, 7) is 0. The summed E-state index contributed by atoms with van der Waals surface area (Å²) in [5.41, 5.74) is 6.62. The summed E-state index contributed by atoms with van der Waals surface area (Å²) in [5.74, 6) is 0. The summed E-state index contributed by atoms with van der Waals surface area (Å²) in [6.07, 6.45) is 5.40. The Morgan fingerprint density at radius 2 is 1.33 bits per heavy atom. The summed E-state index contributed by atoms with van der Waals surface area (Å²) in [7, 11) is 0. The first-order valence-electron chi connectivity index (χ1n) is 10.7. The quantitative estimate of drug-likeness (QED) is 0.242. The smallest absolute Gasteiger partial charge is 0.160 e. The Labute approximate surface area is 195 Å². The van der Waals surface area contributed by atoms with Crippen molar-refractivity contribution < 1.29 is 0 Å². The minimum absolute atomic E-state index is 0.677. The van der Waals surface area contributed by atoms with Gasteiger partial charge in [0.1, 0.15) is 4.87 Å². The highest BCUT2D eigenvalue weighted by molar-refractivity contribution is 6.29. The Hall–Kier alpha value is -4.02. The van der Waals surface area contributed by atoms with Crippen LogP contribution >= 0.6 is 11.6 Å². The Kier molecular flexibility index (Phi) is 4.67. The molecule has 1 N–H and O–H groups in total. The van der Waals surface area contributed by atoms with E-state index in [1.54, 1.807) is 12.4 Å². The molecule has 0 saturated carbocycles. The standard InChI is InChI=1S/C28H19ClN4/c29-28(19-9-3-1-4-10-19,20-11-5-2-6-12-20)24-14-8-7-13-21(24)22-15-16-30-27-26(22)23-17-32-33-25(23)18-31-27/h1-18H,(H,32,33).